The average molecular weight is 523 g/mol. The van der Waals surface area contributed by atoms with Crippen LogP contribution in [0.25, 0.3) is 0 Å². The first-order valence-corrected chi connectivity index (χ1v) is 9.83. The molecule has 1 atom stereocenters. The minimum atomic E-state index is -0.0809. The Kier molecular flexibility index (Phi) is 9.38. The molecule has 30 heavy (non-hydrogen) atoms. The van der Waals surface area contributed by atoms with Crippen LogP contribution in [0.4, 0.5) is 0 Å². The van der Waals surface area contributed by atoms with Gasteiger partial charge >= 0.3 is 0 Å². The SMILES string of the molecule is CN(C)CCNC(=O)c1cccc(CN=C(N)NC2CCOc3ccccc32)c1.I. The highest BCUT2D eigenvalue weighted by Gasteiger charge is 2.21. The number of hydrogen-bond acceptors (Lipinski definition) is 4. The van der Waals surface area contributed by atoms with Gasteiger partial charge in [0.05, 0.1) is 19.2 Å². The van der Waals surface area contributed by atoms with Gasteiger partial charge in [0.2, 0.25) is 0 Å². The van der Waals surface area contributed by atoms with E-state index in [2.05, 4.69) is 15.6 Å². The Labute approximate surface area is 195 Å². The summed E-state index contributed by atoms with van der Waals surface area (Å²) in [6.07, 6.45) is 0.829. The van der Waals surface area contributed by atoms with E-state index in [1.807, 2.05) is 61.5 Å². The number of hydrogen-bond donors (Lipinski definition) is 3. The Balaban J connectivity index is 0.00000320. The van der Waals surface area contributed by atoms with Crippen molar-refractivity contribution in [3.05, 3.63) is 65.2 Å². The summed E-state index contributed by atoms with van der Waals surface area (Å²) >= 11 is 0. The monoisotopic (exact) mass is 523 g/mol. The molecule has 0 aliphatic carbocycles. The molecule has 4 N–H and O–H groups in total. The van der Waals surface area contributed by atoms with Gasteiger partial charge in [-0.1, -0.05) is 30.3 Å². The number of guanidine groups is 1. The molecule has 1 aliphatic rings. The maximum Gasteiger partial charge on any atom is 0.251 e. The second-order valence-electron chi connectivity index (χ2n) is 7.33. The first-order valence-electron chi connectivity index (χ1n) is 9.83. The maximum atomic E-state index is 12.3. The van der Waals surface area contributed by atoms with Crippen molar-refractivity contribution in [1.29, 1.82) is 0 Å². The van der Waals surface area contributed by atoms with Crippen molar-refractivity contribution < 1.29 is 9.53 Å². The standard InChI is InChI=1S/C22H29N5O2.HI/c1-27(2)12-11-24-21(28)17-7-5-6-16(14-17)15-25-22(23)26-19-10-13-29-20-9-4-3-8-18(19)20;/h3-9,14,19H,10-13,15H2,1-2H3,(H,24,28)(H3,23,25,26);1H. The van der Waals surface area contributed by atoms with Gasteiger partial charge in [0, 0.05) is 30.6 Å². The molecule has 0 fully saturated rings. The molecule has 1 amide bonds. The molecule has 0 saturated carbocycles. The van der Waals surface area contributed by atoms with E-state index in [0.717, 1.165) is 29.8 Å². The molecule has 1 unspecified atom stereocenters. The highest BCUT2D eigenvalue weighted by atomic mass is 127. The number of aliphatic imine (C=N–C) groups is 1. The predicted molar refractivity (Wildman–Crippen MR) is 131 cm³/mol. The van der Waals surface area contributed by atoms with Crippen LogP contribution in [-0.4, -0.2) is 50.6 Å². The molecular formula is C22H30IN5O2. The second-order valence-corrected chi connectivity index (χ2v) is 7.33. The summed E-state index contributed by atoms with van der Waals surface area (Å²) in [6.45, 7) is 2.46. The van der Waals surface area contributed by atoms with Crippen LogP contribution in [0.5, 0.6) is 5.75 Å². The third-order valence-electron chi connectivity index (χ3n) is 4.75. The number of rotatable bonds is 7. The van der Waals surface area contributed by atoms with E-state index in [9.17, 15) is 4.79 Å². The lowest BCUT2D eigenvalue weighted by Crippen LogP contribution is -2.37. The smallest absolute Gasteiger partial charge is 0.251 e. The van der Waals surface area contributed by atoms with Gasteiger partial charge in [0.25, 0.3) is 5.91 Å². The van der Waals surface area contributed by atoms with Crippen molar-refractivity contribution in [3.63, 3.8) is 0 Å². The number of amides is 1. The molecule has 1 heterocycles. The van der Waals surface area contributed by atoms with E-state index in [1.165, 1.54) is 0 Å². The summed E-state index contributed by atoms with van der Waals surface area (Å²) < 4.78 is 5.68. The lowest BCUT2D eigenvalue weighted by Gasteiger charge is -2.26. The molecule has 0 radical (unpaired) electrons. The van der Waals surface area contributed by atoms with Gasteiger partial charge in [-0.2, -0.15) is 0 Å². The highest BCUT2D eigenvalue weighted by Crippen LogP contribution is 2.31. The number of ether oxygens (including phenoxy) is 1. The normalized spacial score (nSPS) is 15.6. The van der Waals surface area contributed by atoms with E-state index < -0.39 is 0 Å². The van der Waals surface area contributed by atoms with E-state index in [-0.39, 0.29) is 35.9 Å². The van der Waals surface area contributed by atoms with Gasteiger partial charge in [-0.3, -0.25) is 4.79 Å². The van der Waals surface area contributed by atoms with Gasteiger partial charge in [0.15, 0.2) is 5.96 Å². The Morgan fingerprint density at radius 2 is 2.03 bits per heavy atom. The molecule has 2 aromatic rings. The summed E-state index contributed by atoms with van der Waals surface area (Å²) in [4.78, 5) is 18.8. The summed E-state index contributed by atoms with van der Waals surface area (Å²) in [6, 6.07) is 15.5. The summed E-state index contributed by atoms with van der Waals surface area (Å²) in [5.74, 6) is 1.19. The van der Waals surface area contributed by atoms with Crippen LogP contribution in [0.2, 0.25) is 0 Å². The molecule has 0 saturated heterocycles. The third-order valence-corrected chi connectivity index (χ3v) is 4.75. The molecule has 0 aromatic heterocycles. The van der Waals surface area contributed by atoms with Crippen molar-refractivity contribution in [3.8, 4) is 5.75 Å². The molecule has 8 heteroatoms. The minimum absolute atomic E-state index is 0. The topological polar surface area (TPSA) is 92.0 Å². The van der Waals surface area contributed by atoms with Crippen molar-refractivity contribution in [2.75, 3.05) is 33.8 Å². The van der Waals surface area contributed by atoms with Crippen LogP contribution in [0.15, 0.2) is 53.5 Å². The number of nitrogens with two attached hydrogens (primary N) is 1. The Bertz CT molecular complexity index is 872. The average Bonchev–Trinajstić information content (AvgIpc) is 2.72. The first kappa shape index (κ1) is 23.9. The zero-order valence-electron chi connectivity index (χ0n) is 17.4. The molecule has 0 bridgehead atoms. The molecule has 162 valence electrons. The lowest BCUT2D eigenvalue weighted by molar-refractivity contribution is 0.0951. The fraction of sp³-hybridized carbons (Fsp3) is 0.364. The summed E-state index contributed by atoms with van der Waals surface area (Å²) in [5, 5.41) is 6.21. The highest BCUT2D eigenvalue weighted by molar-refractivity contribution is 14.0. The molecule has 3 rings (SSSR count). The molecule has 1 aliphatic heterocycles. The summed E-state index contributed by atoms with van der Waals surface area (Å²) in [7, 11) is 3.95. The van der Waals surface area contributed by atoms with Crippen LogP contribution in [0, 0.1) is 0 Å². The van der Waals surface area contributed by atoms with E-state index in [4.69, 9.17) is 10.5 Å². The van der Waals surface area contributed by atoms with Crippen LogP contribution in [-0.2, 0) is 6.54 Å². The van der Waals surface area contributed by atoms with Crippen LogP contribution in [0.3, 0.4) is 0 Å². The quantitative estimate of drug-likeness (QED) is 0.295. The zero-order valence-corrected chi connectivity index (χ0v) is 19.8. The van der Waals surface area contributed by atoms with Crippen molar-refractivity contribution in [2.24, 2.45) is 10.7 Å². The maximum absolute atomic E-state index is 12.3. The number of carbonyl (C=O) groups is 1. The number of nitrogens with zero attached hydrogens (tertiary/aromatic N) is 2. The van der Waals surface area contributed by atoms with Crippen molar-refractivity contribution in [1.82, 2.24) is 15.5 Å². The fourth-order valence-electron chi connectivity index (χ4n) is 3.20. The number of likely N-dealkylation sites (N-methyl/N-ethyl adjacent to an activating group) is 1. The number of benzene rings is 2. The number of nitrogens with one attached hydrogen (secondary N) is 2. The predicted octanol–water partition coefficient (Wildman–Crippen LogP) is 2.52. The van der Waals surface area contributed by atoms with E-state index in [0.29, 0.717) is 31.2 Å². The number of carbonyl (C=O) groups excluding carboxylic acids is 1. The fourth-order valence-corrected chi connectivity index (χ4v) is 3.20. The number of fused-ring (bicyclic) bond motifs is 1. The van der Waals surface area contributed by atoms with Crippen LogP contribution < -0.4 is 21.1 Å². The third kappa shape index (κ3) is 6.88. The molecule has 7 nitrogen and oxygen atoms in total. The Morgan fingerprint density at radius 3 is 2.83 bits per heavy atom. The molecule has 2 aromatic carbocycles. The Morgan fingerprint density at radius 1 is 1.23 bits per heavy atom. The molecular weight excluding hydrogens is 493 g/mol. The van der Waals surface area contributed by atoms with Gasteiger partial charge in [-0.15, -0.1) is 24.0 Å². The second kappa shape index (κ2) is 11.8. The van der Waals surface area contributed by atoms with Gasteiger partial charge in [-0.05, 0) is 37.9 Å². The Hall–Kier alpha value is -2.33. The van der Waals surface area contributed by atoms with Crippen molar-refractivity contribution in [2.45, 2.75) is 19.0 Å². The number of halogens is 1. The molecule has 0 spiro atoms. The van der Waals surface area contributed by atoms with E-state index in [1.54, 1.807) is 6.07 Å². The summed E-state index contributed by atoms with van der Waals surface area (Å²) in [5.41, 5.74) is 8.77. The van der Waals surface area contributed by atoms with Gasteiger partial charge in [-0.25, -0.2) is 4.99 Å². The number of para-hydroxylation sites is 1. The van der Waals surface area contributed by atoms with Gasteiger partial charge < -0.3 is 26.0 Å². The van der Waals surface area contributed by atoms with Crippen LogP contribution >= 0.6 is 24.0 Å². The van der Waals surface area contributed by atoms with E-state index >= 15 is 0 Å². The first-order chi connectivity index (χ1) is 14.0. The largest absolute Gasteiger partial charge is 0.493 e. The van der Waals surface area contributed by atoms with Gasteiger partial charge in [0.1, 0.15) is 5.75 Å². The van der Waals surface area contributed by atoms with Crippen molar-refractivity contribution >= 4 is 35.8 Å². The van der Waals surface area contributed by atoms with Crippen LogP contribution in [0.1, 0.15) is 33.9 Å². The zero-order chi connectivity index (χ0) is 20.6. The minimum Gasteiger partial charge on any atom is -0.493 e. The lowest BCUT2D eigenvalue weighted by atomic mass is 10.0.